The van der Waals surface area contributed by atoms with Crippen molar-refractivity contribution < 1.29 is 13.8 Å². The smallest absolute Gasteiger partial charge is 0.234 e. The molecule has 0 saturated heterocycles. The number of amidine groups is 1. The van der Waals surface area contributed by atoms with E-state index in [1.807, 2.05) is 0 Å². The first kappa shape index (κ1) is 18.2. The van der Waals surface area contributed by atoms with Gasteiger partial charge in [0, 0.05) is 20.2 Å². The van der Waals surface area contributed by atoms with Gasteiger partial charge in [-0.25, -0.2) is 9.20 Å². The van der Waals surface area contributed by atoms with Crippen LogP contribution in [0.5, 0.6) is 0 Å². The topological polar surface area (TPSA) is 101 Å². The molecule has 0 fully saturated rings. The molecule has 1 aromatic heterocycles. The van der Waals surface area contributed by atoms with E-state index < -0.39 is 11.0 Å². The monoisotopic (exact) mass is 340 g/mol. The molecule has 0 spiro atoms. The molecule has 7 nitrogen and oxygen atoms in total. The van der Waals surface area contributed by atoms with Crippen molar-refractivity contribution in [1.29, 1.82) is 0 Å². The van der Waals surface area contributed by atoms with Gasteiger partial charge in [-0.2, -0.15) is 0 Å². The zero-order valence-electron chi connectivity index (χ0n) is 12.4. The van der Waals surface area contributed by atoms with E-state index in [4.69, 9.17) is 0 Å². The lowest BCUT2D eigenvalue weighted by molar-refractivity contribution is -0.109. The van der Waals surface area contributed by atoms with Crippen LogP contribution in [0, 0.1) is 0 Å². The Hall–Kier alpha value is -1.87. The minimum atomic E-state index is -1.61. The molecular formula is C13H16N4O3S2. The summed E-state index contributed by atoms with van der Waals surface area (Å²) < 4.78 is 14.6. The van der Waals surface area contributed by atoms with Crippen LogP contribution in [0.15, 0.2) is 28.3 Å². The molecule has 0 radical (unpaired) electrons. The second-order valence-electron chi connectivity index (χ2n) is 3.90. The average molecular weight is 340 g/mol. The Labute approximate surface area is 135 Å². The van der Waals surface area contributed by atoms with E-state index >= 15 is 0 Å². The lowest BCUT2D eigenvalue weighted by atomic mass is 10.2. The number of nitrogens with zero attached hydrogens (tertiary/aromatic N) is 3. The van der Waals surface area contributed by atoms with Crippen molar-refractivity contribution in [2.75, 3.05) is 17.5 Å². The summed E-state index contributed by atoms with van der Waals surface area (Å²) in [5.74, 6) is -0.182. The third-order valence-corrected chi connectivity index (χ3v) is 4.12. The number of rotatable bonds is 5. The van der Waals surface area contributed by atoms with Crippen LogP contribution in [0.3, 0.4) is 0 Å². The van der Waals surface area contributed by atoms with Gasteiger partial charge in [0.2, 0.25) is 5.17 Å². The van der Waals surface area contributed by atoms with E-state index in [1.165, 1.54) is 32.4 Å². The molecular weight excluding hydrogens is 324 g/mol. The van der Waals surface area contributed by atoms with Crippen LogP contribution in [-0.4, -0.2) is 44.3 Å². The van der Waals surface area contributed by atoms with Crippen molar-refractivity contribution in [3.63, 3.8) is 0 Å². The van der Waals surface area contributed by atoms with E-state index in [9.17, 15) is 13.8 Å². The summed E-state index contributed by atoms with van der Waals surface area (Å²) in [7, 11) is -0.113. The number of hydrogen-bond acceptors (Lipinski definition) is 6. The maximum Gasteiger partial charge on any atom is 0.234 e. The number of carbonyl (C=O) groups is 2. The molecule has 0 aromatic carbocycles. The van der Waals surface area contributed by atoms with Crippen LogP contribution >= 0.6 is 11.8 Å². The predicted molar refractivity (Wildman–Crippen MR) is 91.0 cm³/mol. The van der Waals surface area contributed by atoms with Crippen molar-refractivity contribution in [2.45, 2.75) is 13.8 Å². The predicted octanol–water partition coefficient (Wildman–Crippen LogP) is 1.70. The normalized spacial score (nSPS) is 13.1. The summed E-state index contributed by atoms with van der Waals surface area (Å²) in [5.41, 5.74) is 0.725. The van der Waals surface area contributed by atoms with Crippen molar-refractivity contribution in [3.8, 4) is 0 Å². The van der Waals surface area contributed by atoms with Crippen LogP contribution < -0.4 is 4.72 Å². The molecule has 0 bridgehead atoms. The van der Waals surface area contributed by atoms with E-state index in [0.717, 1.165) is 11.8 Å². The first-order chi connectivity index (χ1) is 10.5. The zero-order chi connectivity index (χ0) is 16.5. The molecule has 118 valence electrons. The molecule has 22 heavy (non-hydrogen) atoms. The SMILES string of the molecule is C/C=N\C(=NC)S(=O)Nc1ccc(C(=O)CSC(C)=O)nc1. The number of ketones is 1. The highest BCUT2D eigenvalue weighted by atomic mass is 32.2. The third kappa shape index (κ3) is 5.86. The van der Waals surface area contributed by atoms with Crippen LogP contribution in [0.2, 0.25) is 0 Å². The maximum absolute atomic E-state index is 11.9. The van der Waals surface area contributed by atoms with Gasteiger partial charge < -0.3 is 0 Å². The van der Waals surface area contributed by atoms with Crippen LogP contribution in [0.4, 0.5) is 5.69 Å². The first-order valence-electron chi connectivity index (χ1n) is 6.24. The summed E-state index contributed by atoms with van der Waals surface area (Å²) in [4.78, 5) is 34.3. The fourth-order valence-electron chi connectivity index (χ4n) is 1.31. The average Bonchev–Trinajstić information content (AvgIpc) is 2.50. The van der Waals surface area contributed by atoms with Gasteiger partial charge in [-0.3, -0.25) is 24.3 Å². The maximum atomic E-state index is 11.9. The fraction of sp³-hybridized carbons (Fsp3) is 0.308. The molecule has 0 aliphatic rings. The molecule has 1 unspecified atom stereocenters. The van der Waals surface area contributed by atoms with Gasteiger partial charge in [0.25, 0.3) is 0 Å². The zero-order valence-corrected chi connectivity index (χ0v) is 14.0. The van der Waals surface area contributed by atoms with Gasteiger partial charge in [-0.05, 0) is 19.1 Å². The van der Waals surface area contributed by atoms with E-state index in [2.05, 4.69) is 19.7 Å². The Kier molecular flexibility index (Phi) is 7.61. The fourth-order valence-corrected chi connectivity index (χ4v) is 2.59. The molecule has 0 aliphatic heterocycles. The summed E-state index contributed by atoms with van der Waals surface area (Å²) in [6.07, 6.45) is 2.89. The number of aliphatic imine (C=N–C) groups is 2. The van der Waals surface area contributed by atoms with Crippen LogP contribution in [-0.2, 0) is 15.8 Å². The van der Waals surface area contributed by atoms with Gasteiger partial charge in [0.15, 0.2) is 21.9 Å². The Bertz CT molecular complexity index is 627. The number of hydrogen-bond donors (Lipinski definition) is 1. The number of Topliss-reactive ketones (excluding diaryl/α,β-unsaturated/α-hetero) is 1. The minimum Gasteiger partial charge on any atom is -0.297 e. The highest BCUT2D eigenvalue weighted by Crippen LogP contribution is 2.11. The van der Waals surface area contributed by atoms with Gasteiger partial charge in [-0.15, -0.1) is 0 Å². The van der Waals surface area contributed by atoms with Crippen molar-refractivity contribution >= 4 is 50.7 Å². The Morgan fingerprint density at radius 3 is 2.68 bits per heavy atom. The number of thioether (sulfide) groups is 1. The molecule has 1 atom stereocenters. The molecule has 0 aliphatic carbocycles. The molecule has 1 heterocycles. The van der Waals surface area contributed by atoms with E-state index in [-0.39, 0.29) is 27.5 Å². The lowest BCUT2D eigenvalue weighted by Crippen LogP contribution is -2.14. The third-order valence-electron chi connectivity index (χ3n) is 2.26. The molecule has 1 rings (SSSR count). The van der Waals surface area contributed by atoms with E-state index in [1.54, 1.807) is 13.0 Å². The number of carbonyl (C=O) groups excluding carboxylic acids is 2. The van der Waals surface area contributed by atoms with E-state index in [0.29, 0.717) is 5.69 Å². The summed E-state index contributed by atoms with van der Waals surface area (Å²) >= 11 is 0.937. The summed E-state index contributed by atoms with van der Waals surface area (Å²) in [6, 6.07) is 3.09. The lowest BCUT2D eigenvalue weighted by Gasteiger charge is -2.05. The highest BCUT2D eigenvalue weighted by Gasteiger charge is 2.11. The Morgan fingerprint density at radius 1 is 1.45 bits per heavy atom. The molecule has 1 N–H and O–H groups in total. The highest BCUT2D eigenvalue weighted by molar-refractivity contribution is 8.14. The second kappa shape index (κ2) is 9.21. The number of pyridine rings is 1. The molecule has 0 amide bonds. The summed E-state index contributed by atoms with van der Waals surface area (Å²) in [6.45, 7) is 3.10. The minimum absolute atomic E-state index is 0.0545. The van der Waals surface area contributed by atoms with Crippen molar-refractivity contribution in [3.05, 3.63) is 24.0 Å². The number of anilines is 1. The van der Waals surface area contributed by atoms with Gasteiger partial charge in [0.05, 0.1) is 17.6 Å². The quantitative estimate of drug-likeness (QED) is 0.499. The number of aromatic nitrogens is 1. The van der Waals surface area contributed by atoms with Crippen molar-refractivity contribution in [1.82, 2.24) is 4.98 Å². The first-order valence-corrected chi connectivity index (χ1v) is 8.38. The standard InChI is InChI=1S/C13H16N4O3S2/c1-4-15-13(14-3)22(20)17-10-5-6-11(16-7-10)12(19)8-21-9(2)18/h4-7,17H,8H2,1-3H3/b14-13?,15-4-. The van der Waals surface area contributed by atoms with Crippen molar-refractivity contribution in [2.24, 2.45) is 9.98 Å². The molecule has 9 heteroatoms. The van der Waals surface area contributed by atoms with Gasteiger partial charge in [-0.1, -0.05) is 11.8 Å². The molecule has 1 aromatic rings. The van der Waals surface area contributed by atoms with Gasteiger partial charge in [0.1, 0.15) is 5.69 Å². The molecule has 0 saturated carbocycles. The van der Waals surface area contributed by atoms with Crippen LogP contribution in [0.25, 0.3) is 0 Å². The second-order valence-corrected chi connectivity index (χ2v) is 6.16. The van der Waals surface area contributed by atoms with Crippen LogP contribution in [0.1, 0.15) is 24.3 Å². The largest absolute Gasteiger partial charge is 0.297 e. The summed E-state index contributed by atoms with van der Waals surface area (Å²) in [5, 5.41) is 0.0328. The van der Waals surface area contributed by atoms with Gasteiger partial charge >= 0.3 is 0 Å². The number of nitrogens with one attached hydrogen (secondary N) is 1. The Balaban J connectivity index is 2.71. The Morgan fingerprint density at radius 2 is 2.18 bits per heavy atom.